The number of hydrogen-bond acceptors (Lipinski definition) is 2. The lowest BCUT2D eigenvalue weighted by atomic mass is 9.78. The van der Waals surface area contributed by atoms with E-state index in [1.807, 2.05) is 0 Å². The number of unbranched alkanes of at least 4 members (excludes halogenated alkanes) is 4. The third-order valence-corrected chi connectivity index (χ3v) is 7.64. The molecule has 0 spiro atoms. The van der Waals surface area contributed by atoms with Gasteiger partial charge in [0.25, 0.3) is 0 Å². The maximum Gasteiger partial charge on any atom is 0.196 e. The van der Waals surface area contributed by atoms with Gasteiger partial charge in [0.1, 0.15) is 6.07 Å². The summed E-state index contributed by atoms with van der Waals surface area (Å²) in [6, 6.07) is 11.1. The van der Waals surface area contributed by atoms with Crippen molar-refractivity contribution in [1.82, 2.24) is 0 Å². The second-order valence-corrected chi connectivity index (χ2v) is 10.1. The second-order valence-electron chi connectivity index (χ2n) is 10.1. The molecular weight excluding hydrogens is 397 g/mol. The van der Waals surface area contributed by atoms with Crippen LogP contribution in [0, 0.1) is 23.2 Å². The van der Waals surface area contributed by atoms with E-state index in [1.165, 1.54) is 81.4 Å². The number of halogens is 1. The first-order valence-corrected chi connectivity index (χ1v) is 13.2. The van der Waals surface area contributed by atoms with Crippen molar-refractivity contribution in [3.63, 3.8) is 0 Å². The highest BCUT2D eigenvalue weighted by Gasteiger charge is 2.25. The van der Waals surface area contributed by atoms with Gasteiger partial charge in [-0.15, -0.1) is 0 Å². The van der Waals surface area contributed by atoms with E-state index < -0.39 is 5.83 Å². The second kappa shape index (κ2) is 13.8. The van der Waals surface area contributed by atoms with Gasteiger partial charge in [-0.3, -0.25) is 0 Å². The van der Waals surface area contributed by atoms with Crippen molar-refractivity contribution in [3.8, 4) is 6.07 Å². The average molecular weight is 440 g/mol. The van der Waals surface area contributed by atoms with Gasteiger partial charge in [0.2, 0.25) is 0 Å². The lowest BCUT2D eigenvalue weighted by Gasteiger charge is -2.32. The molecule has 1 aromatic rings. The van der Waals surface area contributed by atoms with Crippen LogP contribution in [-0.2, 0) is 11.2 Å². The Morgan fingerprint density at radius 2 is 1.66 bits per heavy atom. The Balaban J connectivity index is 1.31. The summed E-state index contributed by atoms with van der Waals surface area (Å²) in [6.07, 6.45) is 18.7. The van der Waals surface area contributed by atoms with Crippen molar-refractivity contribution < 1.29 is 9.13 Å². The van der Waals surface area contributed by atoms with E-state index in [-0.39, 0.29) is 5.92 Å². The van der Waals surface area contributed by atoms with Crippen molar-refractivity contribution in [2.45, 2.75) is 109 Å². The van der Waals surface area contributed by atoms with Gasteiger partial charge in [-0.2, -0.15) is 9.65 Å². The van der Waals surface area contributed by atoms with Gasteiger partial charge >= 0.3 is 0 Å². The third-order valence-electron chi connectivity index (χ3n) is 7.64. The quantitative estimate of drug-likeness (QED) is 0.256. The largest absolute Gasteiger partial charge is 0.378 e. The Bertz CT molecular complexity index is 719. The predicted octanol–water partition coefficient (Wildman–Crippen LogP) is 8.43. The average Bonchev–Trinajstić information content (AvgIpc) is 2.84. The minimum absolute atomic E-state index is 0.206. The minimum atomic E-state index is -0.636. The molecule has 0 bridgehead atoms. The molecule has 2 aliphatic rings. The summed E-state index contributed by atoms with van der Waals surface area (Å²) in [5.41, 5.74) is 3.02. The monoisotopic (exact) mass is 439 g/mol. The summed E-state index contributed by atoms with van der Waals surface area (Å²) in [6.45, 7) is 3.15. The molecule has 2 nitrogen and oxygen atoms in total. The van der Waals surface area contributed by atoms with Crippen molar-refractivity contribution in [2.24, 2.45) is 11.8 Å². The normalized spacial score (nSPS) is 26.6. The smallest absolute Gasteiger partial charge is 0.196 e. The predicted molar refractivity (Wildman–Crippen MR) is 130 cm³/mol. The molecule has 0 heterocycles. The van der Waals surface area contributed by atoms with Crippen molar-refractivity contribution >= 4 is 0 Å². The van der Waals surface area contributed by atoms with Crippen LogP contribution in [0.15, 0.2) is 36.2 Å². The lowest BCUT2D eigenvalue weighted by molar-refractivity contribution is -0.00465. The molecule has 0 radical (unpaired) electrons. The Hall–Kier alpha value is -1.66. The van der Waals surface area contributed by atoms with E-state index in [0.717, 1.165) is 32.3 Å². The molecule has 0 unspecified atom stereocenters. The first kappa shape index (κ1) is 25.0. The van der Waals surface area contributed by atoms with Crippen molar-refractivity contribution in [2.75, 3.05) is 6.61 Å². The van der Waals surface area contributed by atoms with Gasteiger partial charge in [0.05, 0.1) is 6.10 Å². The maximum atomic E-state index is 13.1. The van der Waals surface area contributed by atoms with Crippen LogP contribution in [0.25, 0.3) is 0 Å². The molecule has 2 aliphatic carbocycles. The van der Waals surface area contributed by atoms with Crippen LogP contribution < -0.4 is 0 Å². The fraction of sp³-hybridized carbons (Fsp3) is 0.690. The van der Waals surface area contributed by atoms with Gasteiger partial charge in [-0.05, 0) is 99.2 Å². The molecule has 3 rings (SSSR count). The Kier molecular flexibility index (Phi) is 10.8. The number of rotatable bonds is 11. The number of hydrogen-bond donors (Lipinski definition) is 0. The standard InChI is InChI=1S/C29H42FNO/c1-2-3-4-5-6-7-23-8-14-26(15-9-23)27-16-10-25(11-17-27)22-32-29-18-12-24(13-19-29)20-28(30)21-31/h8-9,14-15,20,24-25,27,29H,2-7,10-13,16-19,22H2,1H3. The number of nitriles is 1. The van der Waals surface area contributed by atoms with Crippen LogP contribution in [0.3, 0.4) is 0 Å². The Morgan fingerprint density at radius 1 is 0.969 bits per heavy atom. The number of nitrogens with zero attached hydrogens (tertiary/aromatic N) is 1. The first-order valence-electron chi connectivity index (χ1n) is 13.2. The lowest BCUT2D eigenvalue weighted by Crippen LogP contribution is -2.25. The first-order chi connectivity index (χ1) is 15.7. The van der Waals surface area contributed by atoms with Crippen LogP contribution in [0.5, 0.6) is 0 Å². The van der Waals surface area contributed by atoms with Gasteiger partial charge in [-0.25, -0.2) is 0 Å². The summed E-state index contributed by atoms with van der Waals surface area (Å²) in [4.78, 5) is 0. The summed E-state index contributed by atoms with van der Waals surface area (Å²) in [7, 11) is 0. The van der Waals surface area contributed by atoms with Crippen molar-refractivity contribution in [1.29, 1.82) is 5.26 Å². The molecule has 0 atom stereocenters. The topological polar surface area (TPSA) is 33.0 Å². The van der Waals surface area contributed by atoms with E-state index in [2.05, 4.69) is 31.2 Å². The molecule has 176 valence electrons. The highest BCUT2D eigenvalue weighted by Crippen LogP contribution is 2.37. The molecule has 2 fully saturated rings. The summed E-state index contributed by atoms with van der Waals surface area (Å²) in [5.74, 6) is 0.963. The third kappa shape index (κ3) is 8.36. The molecule has 0 aliphatic heterocycles. The number of allylic oxidation sites excluding steroid dienone is 2. The van der Waals surface area contributed by atoms with E-state index in [9.17, 15) is 4.39 Å². The highest BCUT2D eigenvalue weighted by atomic mass is 19.1. The highest BCUT2D eigenvalue weighted by molar-refractivity contribution is 5.26. The zero-order valence-corrected chi connectivity index (χ0v) is 20.0. The maximum absolute atomic E-state index is 13.1. The van der Waals surface area contributed by atoms with Gasteiger partial charge in [0.15, 0.2) is 5.83 Å². The van der Waals surface area contributed by atoms with Crippen LogP contribution in [-0.4, -0.2) is 12.7 Å². The van der Waals surface area contributed by atoms with E-state index in [4.69, 9.17) is 10.00 Å². The molecular formula is C29H42FNO. The van der Waals surface area contributed by atoms with Gasteiger partial charge < -0.3 is 4.74 Å². The zero-order valence-electron chi connectivity index (χ0n) is 20.0. The Labute approximate surface area is 195 Å². The molecule has 0 N–H and O–H groups in total. The van der Waals surface area contributed by atoms with E-state index >= 15 is 0 Å². The summed E-state index contributed by atoms with van der Waals surface area (Å²) < 4.78 is 19.4. The number of ether oxygens (including phenoxy) is 1. The molecule has 0 saturated heterocycles. The van der Waals surface area contributed by atoms with E-state index in [1.54, 1.807) is 6.07 Å². The van der Waals surface area contributed by atoms with E-state index in [0.29, 0.717) is 17.9 Å². The molecule has 3 heteroatoms. The minimum Gasteiger partial charge on any atom is -0.378 e. The van der Waals surface area contributed by atoms with Crippen molar-refractivity contribution in [3.05, 3.63) is 47.3 Å². The van der Waals surface area contributed by atoms with Crippen LogP contribution >= 0.6 is 0 Å². The Morgan fingerprint density at radius 3 is 2.31 bits per heavy atom. The van der Waals surface area contributed by atoms with Gasteiger partial charge in [-0.1, -0.05) is 56.9 Å². The van der Waals surface area contributed by atoms with Crippen LogP contribution in [0.1, 0.15) is 107 Å². The molecule has 0 aromatic heterocycles. The van der Waals surface area contributed by atoms with Crippen LogP contribution in [0.4, 0.5) is 4.39 Å². The molecule has 32 heavy (non-hydrogen) atoms. The summed E-state index contributed by atoms with van der Waals surface area (Å²) in [5, 5.41) is 8.59. The fourth-order valence-electron chi connectivity index (χ4n) is 5.49. The number of aryl methyl sites for hydroxylation is 1. The molecule has 2 saturated carbocycles. The molecule has 1 aromatic carbocycles. The summed E-state index contributed by atoms with van der Waals surface area (Å²) >= 11 is 0. The van der Waals surface area contributed by atoms with Gasteiger partial charge in [0, 0.05) is 6.61 Å². The number of benzene rings is 1. The molecule has 0 amide bonds. The SMILES string of the molecule is CCCCCCCc1ccc(C2CCC(COC3CCC(C=C(F)C#N)CC3)CC2)cc1. The van der Waals surface area contributed by atoms with Crippen LogP contribution in [0.2, 0.25) is 0 Å². The fourth-order valence-corrected chi connectivity index (χ4v) is 5.49. The zero-order chi connectivity index (χ0) is 22.6.